The van der Waals surface area contributed by atoms with Crippen LogP contribution >= 0.6 is 0 Å². The van der Waals surface area contributed by atoms with Crippen LogP contribution in [0.2, 0.25) is 0 Å². The third kappa shape index (κ3) is 5.95. The molecule has 27 heavy (non-hydrogen) atoms. The molecule has 144 valence electrons. The Morgan fingerprint density at radius 3 is 2.41 bits per heavy atom. The minimum Gasteiger partial charge on any atom is -0.331 e. The van der Waals surface area contributed by atoms with Crippen LogP contribution < -0.4 is 5.32 Å². The van der Waals surface area contributed by atoms with Crippen LogP contribution in [0.3, 0.4) is 0 Å². The molecule has 4 nitrogen and oxygen atoms in total. The van der Waals surface area contributed by atoms with Crippen molar-refractivity contribution in [3.05, 3.63) is 65.2 Å². The predicted molar refractivity (Wildman–Crippen MR) is 111 cm³/mol. The van der Waals surface area contributed by atoms with E-state index in [1.54, 1.807) is 4.90 Å². The molecule has 0 saturated heterocycles. The summed E-state index contributed by atoms with van der Waals surface area (Å²) in [6, 6.07) is 15.8. The largest absolute Gasteiger partial charge is 0.331 e. The number of nitrogens with one attached hydrogen (secondary N) is 1. The Morgan fingerprint density at radius 1 is 1.04 bits per heavy atom. The van der Waals surface area contributed by atoms with E-state index in [4.69, 9.17) is 0 Å². The van der Waals surface area contributed by atoms with E-state index in [9.17, 15) is 9.59 Å². The second-order valence-electron chi connectivity index (χ2n) is 7.06. The summed E-state index contributed by atoms with van der Waals surface area (Å²) >= 11 is 0. The molecule has 1 unspecified atom stereocenters. The minimum atomic E-state index is -0.155. The highest BCUT2D eigenvalue weighted by Gasteiger charge is 2.22. The summed E-state index contributed by atoms with van der Waals surface area (Å²) in [5.74, 6) is -0.138. The first-order valence-electron chi connectivity index (χ1n) is 9.61. The number of benzene rings is 2. The lowest BCUT2D eigenvalue weighted by atomic mass is 10.1. The van der Waals surface area contributed by atoms with E-state index < -0.39 is 0 Å². The van der Waals surface area contributed by atoms with E-state index in [-0.39, 0.29) is 24.4 Å². The molecule has 0 aliphatic heterocycles. The molecule has 0 saturated carbocycles. The van der Waals surface area contributed by atoms with E-state index in [1.165, 1.54) is 0 Å². The molecule has 2 aromatic carbocycles. The molecule has 4 heteroatoms. The van der Waals surface area contributed by atoms with Crippen molar-refractivity contribution in [2.45, 2.75) is 53.0 Å². The van der Waals surface area contributed by atoms with Gasteiger partial charge in [0.1, 0.15) is 6.54 Å². The zero-order valence-electron chi connectivity index (χ0n) is 16.8. The van der Waals surface area contributed by atoms with Crippen molar-refractivity contribution in [2.24, 2.45) is 0 Å². The molecular formula is C23H30N2O2. The molecule has 0 heterocycles. The van der Waals surface area contributed by atoms with E-state index in [1.807, 2.05) is 76.2 Å². The van der Waals surface area contributed by atoms with Gasteiger partial charge in [0, 0.05) is 18.2 Å². The Labute approximate surface area is 162 Å². The highest BCUT2D eigenvalue weighted by atomic mass is 16.2. The number of anilines is 1. The van der Waals surface area contributed by atoms with Gasteiger partial charge in [-0.2, -0.15) is 0 Å². The first kappa shape index (κ1) is 20.7. The lowest BCUT2D eigenvalue weighted by Crippen LogP contribution is -2.43. The molecule has 0 bridgehead atoms. The van der Waals surface area contributed by atoms with Crippen molar-refractivity contribution in [1.82, 2.24) is 4.90 Å². The first-order chi connectivity index (χ1) is 12.9. The number of aryl methyl sites for hydroxylation is 2. The van der Waals surface area contributed by atoms with Crippen LogP contribution in [0.15, 0.2) is 48.5 Å². The second kappa shape index (κ2) is 9.91. The third-order valence-corrected chi connectivity index (χ3v) is 5.11. The van der Waals surface area contributed by atoms with Gasteiger partial charge in [-0.3, -0.25) is 9.59 Å². The number of nitrogens with zero attached hydrogens (tertiary/aromatic N) is 1. The second-order valence-corrected chi connectivity index (χ2v) is 7.06. The van der Waals surface area contributed by atoms with E-state index in [0.717, 1.165) is 28.8 Å². The summed E-state index contributed by atoms with van der Waals surface area (Å²) < 4.78 is 0. The fourth-order valence-electron chi connectivity index (χ4n) is 2.98. The normalized spacial score (nSPS) is 11.7. The Morgan fingerprint density at radius 2 is 1.74 bits per heavy atom. The molecule has 0 spiro atoms. The fraction of sp³-hybridized carbons (Fsp3) is 0.391. The lowest BCUT2D eigenvalue weighted by molar-refractivity contribution is -0.136. The number of hydrogen-bond donors (Lipinski definition) is 1. The standard InChI is InChI=1S/C23H30N2O2/c1-5-18(3)25(23(27)15-14-20-11-7-6-8-12-20)16-22(26)24-21-13-9-10-17(2)19(21)4/h6-13,18H,5,14-16H2,1-4H3,(H,24,26). The van der Waals surface area contributed by atoms with Crippen LogP contribution in [0.1, 0.15) is 43.4 Å². The number of rotatable bonds is 8. The molecule has 1 atom stereocenters. The third-order valence-electron chi connectivity index (χ3n) is 5.11. The lowest BCUT2D eigenvalue weighted by Gasteiger charge is -2.28. The summed E-state index contributed by atoms with van der Waals surface area (Å²) in [5, 5.41) is 2.96. The van der Waals surface area contributed by atoms with Crippen LogP contribution in [0.5, 0.6) is 0 Å². The van der Waals surface area contributed by atoms with Crippen LogP contribution in [-0.2, 0) is 16.0 Å². The predicted octanol–water partition coefficient (Wildman–Crippen LogP) is 4.50. The topological polar surface area (TPSA) is 49.4 Å². The van der Waals surface area contributed by atoms with Gasteiger partial charge >= 0.3 is 0 Å². The van der Waals surface area contributed by atoms with Gasteiger partial charge in [0.25, 0.3) is 0 Å². The van der Waals surface area contributed by atoms with Crippen LogP contribution in [0.25, 0.3) is 0 Å². The summed E-state index contributed by atoms with van der Waals surface area (Å²) in [6.45, 7) is 8.11. The molecule has 0 fully saturated rings. The number of carbonyl (C=O) groups is 2. The maximum absolute atomic E-state index is 12.8. The maximum Gasteiger partial charge on any atom is 0.244 e. The molecule has 2 amide bonds. The molecular weight excluding hydrogens is 336 g/mol. The Bertz CT molecular complexity index is 771. The fourth-order valence-corrected chi connectivity index (χ4v) is 2.98. The van der Waals surface area contributed by atoms with Crippen LogP contribution in [0, 0.1) is 13.8 Å². The summed E-state index contributed by atoms with van der Waals surface area (Å²) in [7, 11) is 0. The van der Waals surface area contributed by atoms with Crippen molar-refractivity contribution in [3.8, 4) is 0 Å². The van der Waals surface area contributed by atoms with Gasteiger partial charge in [0.2, 0.25) is 11.8 Å². The Kier molecular flexibility index (Phi) is 7.59. The van der Waals surface area contributed by atoms with Gasteiger partial charge in [-0.15, -0.1) is 0 Å². The van der Waals surface area contributed by atoms with Gasteiger partial charge in [-0.05, 0) is 56.4 Å². The van der Waals surface area contributed by atoms with Crippen LogP contribution in [0.4, 0.5) is 5.69 Å². The highest BCUT2D eigenvalue weighted by molar-refractivity contribution is 5.95. The van der Waals surface area contributed by atoms with Gasteiger partial charge in [-0.25, -0.2) is 0 Å². The smallest absolute Gasteiger partial charge is 0.244 e. The minimum absolute atomic E-state index is 0.0179. The molecule has 2 aromatic rings. The average Bonchev–Trinajstić information content (AvgIpc) is 2.68. The van der Waals surface area contributed by atoms with Gasteiger partial charge in [-0.1, -0.05) is 49.4 Å². The molecule has 1 N–H and O–H groups in total. The van der Waals surface area contributed by atoms with Crippen molar-refractivity contribution in [3.63, 3.8) is 0 Å². The highest BCUT2D eigenvalue weighted by Crippen LogP contribution is 2.18. The van der Waals surface area contributed by atoms with Gasteiger partial charge < -0.3 is 10.2 Å². The average molecular weight is 367 g/mol. The Hall–Kier alpha value is -2.62. The van der Waals surface area contributed by atoms with Gasteiger partial charge in [0.15, 0.2) is 0 Å². The SMILES string of the molecule is CCC(C)N(CC(=O)Nc1cccc(C)c1C)C(=O)CCc1ccccc1. The van der Waals surface area contributed by atoms with Crippen molar-refractivity contribution in [2.75, 3.05) is 11.9 Å². The van der Waals surface area contributed by atoms with Crippen molar-refractivity contribution < 1.29 is 9.59 Å². The Balaban J connectivity index is 2.01. The van der Waals surface area contributed by atoms with Crippen LogP contribution in [-0.4, -0.2) is 29.3 Å². The van der Waals surface area contributed by atoms with Crippen molar-refractivity contribution in [1.29, 1.82) is 0 Å². The summed E-state index contributed by atoms with van der Waals surface area (Å²) in [5.41, 5.74) is 4.12. The summed E-state index contributed by atoms with van der Waals surface area (Å²) in [4.78, 5) is 27.1. The molecule has 2 rings (SSSR count). The zero-order valence-corrected chi connectivity index (χ0v) is 16.8. The molecule has 0 aromatic heterocycles. The quantitative estimate of drug-likeness (QED) is 0.748. The number of hydrogen-bond acceptors (Lipinski definition) is 2. The van der Waals surface area contributed by atoms with E-state index >= 15 is 0 Å². The number of carbonyl (C=O) groups excluding carboxylic acids is 2. The number of amides is 2. The zero-order chi connectivity index (χ0) is 19.8. The van der Waals surface area contributed by atoms with Gasteiger partial charge in [0.05, 0.1) is 0 Å². The molecule has 0 aliphatic rings. The monoisotopic (exact) mass is 366 g/mol. The maximum atomic E-state index is 12.8. The van der Waals surface area contributed by atoms with E-state index in [0.29, 0.717) is 12.8 Å². The molecule has 0 radical (unpaired) electrons. The molecule has 0 aliphatic carbocycles. The summed E-state index contributed by atoms with van der Waals surface area (Å²) in [6.07, 6.45) is 1.91. The first-order valence-corrected chi connectivity index (χ1v) is 9.61. The van der Waals surface area contributed by atoms with Crippen molar-refractivity contribution >= 4 is 17.5 Å². The van der Waals surface area contributed by atoms with E-state index in [2.05, 4.69) is 5.32 Å².